The number of nitrogens with zero attached hydrogens (tertiary/aromatic N) is 2. The summed E-state index contributed by atoms with van der Waals surface area (Å²) in [5.74, 6) is -0.290. The van der Waals surface area contributed by atoms with Gasteiger partial charge in [-0.05, 0) is 12.1 Å². The van der Waals surface area contributed by atoms with Crippen LogP contribution >= 0.6 is 23.4 Å². The van der Waals surface area contributed by atoms with Crippen molar-refractivity contribution in [2.24, 2.45) is 0 Å². The number of fused-ring (bicyclic) bond motifs is 1. The van der Waals surface area contributed by atoms with Gasteiger partial charge in [-0.1, -0.05) is 71.9 Å². The normalized spacial score (nSPS) is 10.7. The predicted octanol–water partition coefficient (Wildman–Crippen LogP) is 5.64. The van der Waals surface area contributed by atoms with Gasteiger partial charge in [0.15, 0.2) is 16.6 Å². The second-order valence-corrected chi connectivity index (χ2v) is 7.79. The number of benzene rings is 2. The maximum Gasteiger partial charge on any atom is 0.276 e. The van der Waals surface area contributed by atoms with Gasteiger partial charge in [0.05, 0.1) is 16.9 Å². The highest BCUT2D eigenvalue weighted by Crippen LogP contribution is 2.33. The number of hydrogen-bond acceptors (Lipinski definition) is 6. The molecule has 1 amide bonds. The minimum Gasteiger partial charge on any atom is -0.450 e. The first-order valence-corrected chi connectivity index (χ1v) is 10.6. The highest BCUT2D eigenvalue weighted by Gasteiger charge is 2.25. The molecule has 0 saturated carbocycles. The number of hydrogen-bond donors (Lipinski definition) is 1. The largest absolute Gasteiger partial charge is 0.450 e. The number of thioether (sulfide) groups is 1. The van der Waals surface area contributed by atoms with Crippen LogP contribution in [0.2, 0.25) is 5.02 Å². The molecule has 0 aliphatic heterocycles. The van der Waals surface area contributed by atoms with Gasteiger partial charge in [0.2, 0.25) is 5.78 Å². The molecule has 154 valence electrons. The van der Waals surface area contributed by atoms with E-state index in [0.29, 0.717) is 27.4 Å². The van der Waals surface area contributed by atoms with E-state index < -0.39 is 5.91 Å². The van der Waals surface area contributed by atoms with Crippen LogP contribution in [0.4, 0.5) is 5.69 Å². The highest BCUT2D eigenvalue weighted by molar-refractivity contribution is 7.99. The Morgan fingerprint density at radius 1 is 1.13 bits per heavy atom. The second-order valence-electron chi connectivity index (χ2n) is 6.40. The molecule has 2 aromatic carbocycles. The van der Waals surface area contributed by atoms with Crippen molar-refractivity contribution in [3.05, 3.63) is 95.5 Å². The van der Waals surface area contributed by atoms with Crippen molar-refractivity contribution in [3.63, 3.8) is 0 Å². The van der Waals surface area contributed by atoms with E-state index >= 15 is 0 Å². The van der Waals surface area contributed by atoms with Crippen LogP contribution in [0, 0.1) is 0 Å². The molecule has 0 bridgehead atoms. The van der Waals surface area contributed by atoms with E-state index in [4.69, 9.17) is 16.0 Å². The summed E-state index contributed by atoms with van der Waals surface area (Å²) >= 11 is 7.50. The zero-order valence-electron chi connectivity index (χ0n) is 16.2. The molecule has 31 heavy (non-hydrogen) atoms. The van der Waals surface area contributed by atoms with Crippen molar-refractivity contribution in [1.82, 2.24) is 9.97 Å². The zero-order valence-corrected chi connectivity index (χ0v) is 17.7. The van der Waals surface area contributed by atoms with Gasteiger partial charge in [-0.3, -0.25) is 9.59 Å². The van der Waals surface area contributed by atoms with Crippen LogP contribution < -0.4 is 5.32 Å². The molecule has 0 unspecified atom stereocenters. The molecule has 0 aliphatic carbocycles. The van der Waals surface area contributed by atoms with Crippen LogP contribution in [-0.2, 0) is 0 Å². The fraction of sp³-hybridized carbons (Fsp3) is 0.0435. The van der Waals surface area contributed by atoms with Crippen molar-refractivity contribution in [1.29, 1.82) is 0 Å². The molecule has 4 rings (SSSR count). The minimum absolute atomic E-state index is 0.00613. The molecule has 0 atom stereocenters. The van der Waals surface area contributed by atoms with Crippen molar-refractivity contribution in [2.45, 2.75) is 5.16 Å². The Bertz CT molecular complexity index is 1290. The van der Waals surface area contributed by atoms with Crippen LogP contribution in [-0.4, -0.2) is 27.4 Å². The molecule has 0 fully saturated rings. The number of halogens is 1. The smallest absolute Gasteiger partial charge is 0.276 e. The van der Waals surface area contributed by atoms with Gasteiger partial charge in [-0.25, -0.2) is 9.97 Å². The number of nitrogens with one attached hydrogen (secondary N) is 1. The lowest BCUT2D eigenvalue weighted by molar-refractivity contribution is 0.101. The van der Waals surface area contributed by atoms with E-state index in [1.807, 2.05) is 6.07 Å². The van der Waals surface area contributed by atoms with Crippen molar-refractivity contribution >= 4 is 51.7 Å². The maximum absolute atomic E-state index is 13.1. The van der Waals surface area contributed by atoms with E-state index in [2.05, 4.69) is 21.9 Å². The van der Waals surface area contributed by atoms with E-state index in [1.54, 1.807) is 54.6 Å². The van der Waals surface area contributed by atoms with Crippen molar-refractivity contribution in [2.75, 3.05) is 11.1 Å². The Morgan fingerprint density at radius 3 is 2.65 bits per heavy atom. The lowest BCUT2D eigenvalue weighted by Crippen LogP contribution is -2.17. The Hall–Kier alpha value is -3.42. The number of anilines is 1. The molecule has 0 saturated heterocycles. The first kappa shape index (κ1) is 20.8. The average molecular weight is 450 g/mol. The molecule has 0 aliphatic rings. The molecule has 2 aromatic heterocycles. The van der Waals surface area contributed by atoms with Crippen LogP contribution in [0.3, 0.4) is 0 Å². The van der Waals surface area contributed by atoms with Crippen molar-refractivity contribution in [3.8, 4) is 0 Å². The number of aromatic nitrogens is 2. The first-order chi connectivity index (χ1) is 15.1. The van der Waals surface area contributed by atoms with Crippen molar-refractivity contribution < 1.29 is 14.0 Å². The summed E-state index contributed by atoms with van der Waals surface area (Å²) in [5, 5.41) is 3.86. The van der Waals surface area contributed by atoms with Gasteiger partial charge in [-0.15, -0.1) is 6.58 Å². The minimum atomic E-state index is -0.568. The van der Waals surface area contributed by atoms with Crippen LogP contribution in [0.25, 0.3) is 11.0 Å². The lowest BCUT2D eigenvalue weighted by atomic mass is 10.1. The number of amides is 1. The van der Waals surface area contributed by atoms with Crippen LogP contribution in [0.15, 0.2) is 83.0 Å². The lowest BCUT2D eigenvalue weighted by Gasteiger charge is -2.08. The number of carbonyl (C=O) groups is 2. The van der Waals surface area contributed by atoms with E-state index in [-0.39, 0.29) is 27.9 Å². The van der Waals surface area contributed by atoms with Gasteiger partial charge in [0.1, 0.15) is 5.58 Å². The summed E-state index contributed by atoms with van der Waals surface area (Å²) in [6.07, 6.45) is 3.08. The van der Waals surface area contributed by atoms with Gasteiger partial charge < -0.3 is 9.73 Å². The van der Waals surface area contributed by atoms with Gasteiger partial charge in [0.25, 0.3) is 5.91 Å². The molecular formula is C23H16ClN3O3S. The number of rotatable bonds is 7. The van der Waals surface area contributed by atoms with E-state index in [1.165, 1.54) is 18.0 Å². The number of ketones is 1. The monoisotopic (exact) mass is 449 g/mol. The van der Waals surface area contributed by atoms with Gasteiger partial charge >= 0.3 is 0 Å². The van der Waals surface area contributed by atoms with E-state index in [9.17, 15) is 9.59 Å². The Balaban J connectivity index is 1.74. The fourth-order valence-electron chi connectivity index (χ4n) is 2.94. The zero-order chi connectivity index (χ0) is 21.8. The molecule has 1 N–H and O–H groups in total. The third kappa shape index (κ3) is 4.38. The number of carbonyl (C=O) groups excluding carboxylic acids is 2. The van der Waals surface area contributed by atoms with Crippen LogP contribution in [0.5, 0.6) is 0 Å². The third-order valence-electron chi connectivity index (χ3n) is 4.34. The second kappa shape index (κ2) is 9.16. The quantitative estimate of drug-likeness (QED) is 0.170. The summed E-state index contributed by atoms with van der Waals surface area (Å²) in [7, 11) is 0. The molecule has 4 aromatic rings. The third-order valence-corrected chi connectivity index (χ3v) is 5.48. The van der Waals surface area contributed by atoms with E-state index in [0.717, 1.165) is 0 Å². The number of furan rings is 1. The summed E-state index contributed by atoms with van der Waals surface area (Å²) in [6.45, 7) is 3.66. The van der Waals surface area contributed by atoms with Crippen LogP contribution in [0.1, 0.15) is 26.6 Å². The fourth-order valence-corrected chi connectivity index (χ4v) is 3.66. The highest BCUT2D eigenvalue weighted by atomic mass is 35.5. The average Bonchev–Trinajstić information content (AvgIpc) is 3.17. The molecule has 0 spiro atoms. The molecule has 2 heterocycles. The maximum atomic E-state index is 13.1. The molecule has 6 nitrogen and oxygen atoms in total. The molecular weight excluding hydrogens is 434 g/mol. The van der Waals surface area contributed by atoms with Gasteiger partial charge in [-0.2, -0.15) is 0 Å². The van der Waals surface area contributed by atoms with Gasteiger partial charge in [0, 0.05) is 16.7 Å². The SMILES string of the molecule is C=CCSc1ncc(Cl)c(C(=O)Nc2c(C(=O)c3ccccc3)oc3ccccc23)n1. The molecule has 8 heteroatoms. The predicted molar refractivity (Wildman–Crippen MR) is 122 cm³/mol. The summed E-state index contributed by atoms with van der Waals surface area (Å²) in [5.41, 5.74) is 1.20. The summed E-state index contributed by atoms with van der Waals surface area (Å²) < 4.78 is 5.81. The molecule has 0 radical (unpaired) electrons. The Morgan fingerprint density at radius 2 is 1.87 bits per heavy atom. The standard InChI is InChI=1S/C23H16ClN3O3S/c1-2-12-31-23-25-13-16(24)19(27-23)22(29)26-18-15-10-6-7-11-17(15)30-21(18)20(28)14-8-4-3-5-9-14/h2-11,13H,1,12H2,(H,26,29). The number of para-hydroxylation sites is 1. The first-order valence-electron chi connectivity index (χ1n) is 9.27. The Labute approximate surface area is 187 Å². The Kier molecular flexibility index (Phi) is 6.16. The summed E-state index contributed by atoms with van der Waals surface area (Å²) in [6, 6.07) is 15.8. The summed E-state index contributed by atoms with van der Waals surface area (Å²) in [4.78, 5) is 34.5. The topological polar surface area (TPSA) is 85.1 Å².